The van der Waals surface area contributed by atoms with E-state index in [1.54, 1.807) is 0 Å². The summed E-state index contributed by atoms with van der Waals surface area (Å²) in [6.07, 6.45) is 0.824. The van der Waals surface area contributed by atoms with Crippen molar-refractivity contribution in [3.8, 4) is 0 Å². The average Bonchev–Trinajstić information content (AvgIpc) is 2.07. The van der Waals surface area contributed by atoms with Crippen LogP contribution in [0.15, 0.2) is 10.9 Å². The van der Waals surface area contributed by atoms with Crippen LogP contribution in [0.25, 0.3) is 0 Å². The lowest BCUT2D eigenvalue weighted by molar-refractivity contribution is 0.109. The van der Waals surface area contributed by atoms with Crippen molar-refractivity contribution in [3.63, 3.8) is 0 Å². The van der Waals surface area contributed by atoms with Crippen molar-refractivity contribution < 1.29 is 4.74 Å². The molecule has 0 atom stereocenters. The van der Waals surface area contributed by atoms with Crippen LogP contribution in [-0.2, 0) is 17.8 Å². The van der Waals surface area contributed by atoms with Gasteiger partial charge in [0.05, 0.1) is 13.2 Å². The molecule has 0 spiro atoms. The molecule has 0 fully saturated rings. The van der Waals surface area contributed by atoms with Gasteiger partial charge in [0, 0.05) is 17.7 Å². The van der Waals surface area contributed by atoms with E-state index < -0.39 is 0 Å². The number of H-pyrrole nitrogens is 1. The zero-order chi connectivity index (χ0) is 8.55. The quantitative estimate of drug-likeness (QED) is 0.616. The Morgan fingerprint density at radius 1 is 1.58 bits per heavy atom. The summed E-state index contributed by atoms with van der Waals surface area (Å²) >= 11 is 0. The molecule has 1 aromatic heterocycles. The van der Waals surface area contributed by atoms with Crippen molar-refractivity contribution >= 4 is 0 Å². The summed E-state index contributed by atoms with van der Waals surface area (Å²) in [5.41, 5.74) is 2.95. The first kappa shape index (κ1) is 7.55. The van der Waals surface area contributed by atoms with Crippen LogP contribution < -0.4 is 5.56 Å². The number of aromatic amines is 1. The Kier molecular flexibility index (Phi) is 1.73. The second kappa shape index (κ2) is 2.75. The smallest absolute Gasteiger partial charge is 0.251 e. The van der Waals surface area contributed by atoms with Crippen LogP contribution in [0.4, 0.5) is 0 Å². The third-order valence-electron chi connectivity index (χ3n) is 2.15. The fourth-order valence-corrected chi connectivity index (χ4v) is 1.44. The highest BCUT2D eigenvalue weighted by Crippen LogP contribution is 2.12. The molecule has 0 aliphatic carbocycles. The largest absolute Gasteiger partial charge is 0.376 e. The molecule has 0 aromatic carbocycles. The minimum atomic E-state index is 0.0238. The van der Waals surface area contributed by atoms with Crippen molar-refractivity contribution in [1.29, 1.82) is 0 Å². The fourth-order valence-electron chi connectivity index (χ4n) is 1.44. The van der Waals surface area contributed by atoms with E-state index in [9.17, 15) is 4.79 Å². The maximum absolute atomic E-state index is 11.2. The number of hydrogen-bond donors (Lipinski definition) is 1. The van der Waals surface area contributed by atoms with Gasteiger partial charge in [0.1, 0.15) is 0 Å². The summed E-state index contributed by atoms with van der Waals surface area (Å²) in [5.74, 6) is 0. The van der Waals surface area contributed by atoms with Gasteiger partial charge in [0.15, 0.2) is 0 Å². The Bertz CT molecular complexity index is 354. The van der Waals surface area contributed by atoms with Crippen LogP contribution in [0.2, 0.25) is 0 Å². The van der Waals surface area contributed by atoms with Gasteiger partial charge >= 0.3 is 0 Å². The summed E-state index contributed by atoms with van der Waals surface area (Å²) in [7, 11) is 0. The van der Waals surface area contributed by atoms with Crippen LogP contribution >= 0.6 is 0 Å². The highest BCUT2D eigenvalue weighted by molar-refractivity contribution is 5.25. The lowest BCUT2D eigenvalue weighted by Crippen LogP contribution is -2.19. The van der Waals surface area contributed by atoms with Crippen molar-refractivity contribution in [3.05, 3.63) is 33.2 Å². The highest BCUT2D eigenvalue weighted by atomic mass is 16.5. The number of pyridine rings is 1. The molecule has 0 amide bonds. The molecule has 3 heteroatoms. The van der Waals surface area contributed by atoms with Gasteiger partial charge in [-0.05, 0) is 18.6 Å². The van der Waals surface area contributed by atoms with Gasteiger partial charge in [-0.2, -0.15) is 0 Å². The Morgan fingerprint density at radius 3 is 3.25 bits per heavy atom. The molecule has 2 rings (SSSR count). The molecule has 64 valence electrons. The second-order valence-corrected chi connectivity index (χ2v) is 3.09. The number of hydrogen-bond acceptors (Lipinski definition) is 2. The van der Waals surface area contributed by atoms with E-state index in [4.69, 9.17) is 4.74 Å². The van der Waals surface area contributed by atoms with E-state index in [0.29, 0.717) is 13.2 Å². The summed E-state index contributed by atoms with van der Waals surface area (Å²) in [4.78, 5) is 14.1. The minimum absolute atomic E-state index is 0.0238. The Balaban J connectivity index is 2.56. The first-order valence-corrected chi connectivity index (χ1v) is 4.07. The minimum Gasteiger partial charge on any atom is -0.376 e. The summed E-state index contributed by atoms with van der Waals surface area (Å²) in [6.45, 7) is 3.16. The molecule has 3 nitrogen and oxygen atoms in total. The maximum atomic E-state index is 11.2. The number of nitrogens with one attached hydrogen (secondary N) is 1. The normalized spacial score (nSPS) is 15.8. The third-order valence-corrected chi connectivity index (χ3v) is 2.15. The zero-order valence-electron chi connectivity index (χ0n) is 7.02. The van der Waals surface area contributed by atoms with Crippen molar-refractivity contribution in [2.24, 2.45) is 0 Å². The molecule has 0 bridgehead atoms. The lowest BCUT2D eigenvalue weighted by Gasteiger charge is -2.15. The molecule has 12 heavy (non-hydrogen) atoms. The van der Waals surface area contributed by atoms with Gasteiger partial charge in [0.25, 0.3) is 5.56 Å². The first-order chi connectivity index (χ1) is 5.77. The number of aryl methyl sites for hydroxylation is 1. The standard InChI is InChI=1S/C9H11NO2/c1-6-4-7-5-12-3-2-8(7)10-9(6)11/h4H,2-3,5H2,1H3,(H,10,11). The lowest BCUT2D eigenvalue weighted by atomic mass is 10.1. The van der Waals surface area contributed by atoms with Crippen molar-refractivity contribution in [2.75, 3.05) is 6.61 Å². The van der Waals surface area contributed by atoms with Crippen LogP contribution in [-0.4, -0.2) is 11.6 Å². The van der Waals surface area contributed by atoms with E-state index >= 15 is 0 Å². The molecule has 1 aliphatic rings. The first-order valence-electron chi connectivity index (χ1n) is 4.07. The van der Waals surface area contributed by atoms with E-state index in [0.717, 1.165) is 23.2 Å². The van der Waals surface area contributed by atoms with E-state index in [2.05, 4.69) is 4.98 Å². The molecule has 1 N–H and O–H groups in total. The van der Waals surface area contributed by atoms with Crippen molar-refractivity contribution in [2.45, 2.75) is 20.0 Å². The van der Waals surface area contributed by atoms with E-state index in [1.807, 2.05) is 13.0 Å². The molecule has 0 unspecified atom stereocenters. The number of aromatic nitrogens is 1. The average molecular weight is 165 g/mol. The van der Waals surface area contributed by atoms with Crippen LogP contribution in [0.3, 0.4) is 0 Å². The number of ether oxygens (including phenoxy) is 1. The Labute approximate surface area is 70.4 Å². The SMILES string of the molecule is Cc1cc2c([nH]c1=O)CCOC2. The van der Waals surface area contributed by atoms with Crippen LogP contribution in [0.1, 0.15) is 16.8 Å². The Morgan fingerprint density at radius 2 is 2.42 bits per heavy atom. The molecule has 0 saturated carbocycles. The van der Waals surface area contributed by atoms with Gasteiger partial charge in [-0.3, -0.25) is 4.79 Å². The van der Waals surface area contributed by atoms with Gasteiger partial charge in [0.2, 0.25) is 0 Å². The van der Waals surface area contributed by atoms with E-state index in [1.165, 1.54) is 0 Å². The summed E-state index contributed by atoms with van der Waals surface area (Å²) in [6, 6.07) is 1.91. The predicted molar refractivity (Wildman–Crippen MR) is 45.2 cm³/mol. The van der Waals surface area contributed by atoms with Gasteiger partial charge in [-0.1, -0.05) is 0 Å². The molecule has 1 aromatic rings. The topological polar surface area (TPSA) is 42.1 Å². The van der Waals surface area contributed by atoms with Crippen LogP contribution in [0.5, 0.6) is 0 Å². The fraction of sp³-hybridized carbons (Fsp3) is 0.444. The summed E-state index contributed by atoms with van der Waals surface area (Å²) in [5, 5.41) is 0. The Hall–Kier alpha value is -1.09. The van der Waals surface area contributed by atoms with Gasteiger partial charge < -0.3 is 9.72 Å². The zero-order valence-corrected chi connectivity index (χ0v) is 7.02. The molecule has 0 saturated heterocycles. The monoisotopic (exact) mass is 165 g/mol. The number of rotatable bonds is 0. The maximum Gasteiger partial charge on any atom is 0.251 e. The van der Waals surface area contributed by atoms with E-state index in [-0.39, 0.29) is 5.56 Å². The van der Waals surface area contributed by atoms with Crippen molar-refractivity contribution in [1.82, 2.24) is 4.98 Å². The van der Waals surface area contributed by atoms with Gasteiger partial charge in [-0.25, -0.2) is 0 Å². The molecular weight excluding hydrogens is 154 g/mol. The van der Waals surface area contributed by atoms with Crippen LogP contribution in [0, 0.1) is 6.92 Å². The molecular formula is C9H11NO2. The van der Waals surface area contributed by atoms with Gasteiger partial charge in [-0.15, -0.1) is 0 Å². The predicted octanol–water partition coefficient (Wildman–Crippen LogP) is 0.756. The molecule has 2 heterocycles. The second-order valence-electron chi connectivity index (χ2n) is 3.09. The highest BCUT2D eigenvalue weighted by Gasteiger charge is 2.10. The molecule has 1 aliphatic heterocycles. The summed E-state index contributed by atoms with van der Waals surface area (Å²) < 4.78 is 5.27. The number of fused-ring (bicyclic) bond motifs is 1. The molecule has 0 radical (unpaired) electrons. The third kappa shape index (κ3) is 1.16.